The zero-order chi connectivity index (χ0) is 16.9. The Morgan fingerprint density at radius 2 is 1.83 bits per heavy atom. The van der Waals surface area contributed by atoms with E-state index < -0.39 is 10.0 Å². The summed E-state index contributed by atoms with van der Waals surface area (Å²) in [6.07, 6.45) is 0. The molecule has 1 aliphatic rings. The quantitative estimate of drug-likeness (QED) is 0.769. The Balaban J connectivity index is 1.95. The molecule has 0 fully saturated rings. The van der Waals surface area contributed by atoms with Crippen LogP contribution in [0.5, 0.6) is 5.75 Å². The van der Waals surface area contributed by atoms with Crippen molar-refractivity contribution in [2.45, 2.75) is 18.4 Å². The molecule has 0 bridgehead atoms. The number of rotatable bonds is 2. The van der Waals surface area contributed by atoms with Crippen molar-refractivity contribution in [3.63, 3.8) is 0 Å². The Bertz CT molecular complexity index is 1030. The van der Waals surface area contributed by atoms with Crippen molar-refractivity contribution in [1.82, 2.24) is 14.8 Å². The normalized spacial score (nSPS) is 15.0. The lowest BCUT2D eigenvalue weighted by molar-refractivity contribution is 0.474. The molecule has 2 heterocycles. The van der Waals surface area contributed by atoms with Crippen molar-refractivity contribution < 1.29 is 13.5 Å². The predicted octanol–water partition coefficient (Wildman–Crippen LogP) is 1.99. The Labute approximate surface area is 138 Å². The molecule has 0 amide bonds. The van der Waals surface area contributed by atoms with Gasteiger partial charge in [-0.2, -0.15) is 0 Å². The van der Waals surface area contributed by atoms with Gasteiger partial charge in [0.1, 0.15) is 16.5 Å². The first-order chi connectivity index (χ1) is 11.5. The van der Waals surface area contributed by atoms with E-state index in [0.717, 1.165) is 5.56 Å². The van der Waals surface area contributed by atoms with Gasteiger partial charge >= 0.3 is 0 Å². The van der Waals surface area contributed by atoms with E-state index in [1.807, 2.05) is 30.3 Å². The summed E-state index contributed by atoms with van der Waals surface area (Å²) in [7, 11) is -3.80. The molecule has 1 N–H and O–H groups in total. The molecule has 0 spiro atoms. The van der Waals surface area contributed by atoms with E-state index in [0.29, 0.717) is 11.5 Å². The molecule has 3 aromatic rings. The summed E-state index contributed by atoms with van der Waals surface area (Å²) in [4.78, 5) is 0.117. The van der Waals surface area contributed by atoms with Crippen LogP contribution >= 0.6 is 0 Å². The van der Waals surface area contributed by atoms with E-state index in [1.54, 1.807) is 11.5 Å². The second kappa shape index (κ2) is 5.07. The van der Waals surface area contributed by atoms with Crippen LogP contribution in [0, 0.1) is 6.92 Å². The Morgan fingerprint density at radius 1 is 1.08 bits per heavy atom. The summed E-state index contributed by atoms with van der Waals surface area (Å²) < 4.78 is 29.0. The van der Waals surface area contributed by atoms with Gasteiger partial charge in [0.15, 0.2) is 0 Å². The van der Waals surface area contributed by atoms with Crippen molar-refractivity contribution in [3.8, 4) is 11.4 Å². The Hall–Kier alpha value is -2.87. The van der Waals surface area contributed by atoms with Crippen molar-refractivity contribution in [2.24, 2.45) is 0 Å². The summed E-state index contributed by atoms with van der Waals surface area (Å²) >= 11 is 0. The second-order valence-corrected chi connectivity index (χ2v) is 7.36. The van der Waals surface area contributed by atoms with E-state index in [-0.39, 0.29) is 23.1 Å². The number of aromatic hydroxyl groups is 1. The fourth-order valence-electron chi connectivity index (χ4n) is 2.82. The van der Waals surface area contributed by atoms with Crippen LogP contribution in [-0.2, 0) is 16.6 Å². The van der Waals surface area contributed by atoms with Gasteiger partial charge in [-0.05, 0) is 24.6 Å². The maximum absolute atomic E-state index is 13.1. The molecule has 0 saturated heterocycles. The van der Waals surface area contributed by atoms with Crippen LogP contribution in [0.15, 0.2) is 53.4 Å². The number of nitrogens with zero attached hydrogens (tertiary/aromatic N) is 4. The molecule has 8 heteroatoms. The molecule has 0 atom stereocenters. The molecule has 24 heavy (non-hydrogen) atoms. The molecule has 4 rings (SSSR count). The predicted molar refractivity (Wildman–Crippen MR) is 87.6 cm³/mol. The maximum Gasteiger partial charge on any atom is 0.269 e. The number of hydrogen-bond donors (Lipinski definition) is 1. The van der Waals surface area contributed by atoms with Gasteiger partial charge in [-0.1, -0.05) is 30.3 Å². The minimum atomic E-state index is -3.80. The molecule has 7 nitrogen and oxygen atoms in total. The first kappa shape index (κ1) is 14.7. The van der Waals surface area contributed by atoms with Gasteiger partial charge in [0.2, 0.25) is 5.95 Å². The molecular formula is C16H14N4O3S. The van der Waals surface area contributed by atoms with E-state index in [4.69, 9.17) is 0 Å². The number of sulfonamides is 1. The number of aryl methyl sites for hydroxylation is 1. The van der Waals surface area contributed by atoms with Gasteiger partial charge < -0.3 is 5.11 Å². The molecule has 0 unspecified atom stereocenters. The van der Waals surface area contributed by atoms with Crippen LogP contribution < -0.4 is 4.31 Å². The van der Waals surface area contributed by atoms with E-state index >= 15 is 0 Å². The van der Waals surface area contributed by atoms with Gasteiger partial charge in [-0.25, -0.2) is 12.7 Å². The summed E-state index contributed by atoms with van der Waals surface area (Å²) in [5.74, 6) is 0.749. The molecule has 0 aliphatic carbocycles. The molecule has 122 valence electrons. The van der Waals surface area contributed by atoms with Crippen molar-refractivity contribution in [3.05, 3.63) is 59.9 Å². The van der Waals surface area contributed by atoms with Crippen molar-refractivity contribution in [1.29, 1.82) is 0 Å². The SMILES string of the molecule is Cc1nnc2n1-c1cc(O)ccc1S(=O)(=O)N2Cc1ccccc1. The highest BCUT2D eigenvalue weighted by Gasteiger charge is 2.37. The summed E-state index contributed by atoms with van der Waals surface area (Å²) in [5.41, 5.74) is 1.20. The zero-order valence-electron chi connectivity index (χ0n) is 12.8. The average Bonchev–Trinajstić information content (AvgIpc) is 2.94. The highest BCUT2D eigenvalue weighted by Crippen LogP contribution is 2.37. The van der Waals surface area contributed by atoms with Crippen molar-refractivity contribution >= 4 is 16.0 Å². The largest absolute Gasteiger partial charge is 0.508 e. The minimum absolute atomic E-state index is 0.0143. The fourth-order valence-corrected chi connectivity index (χ4v) is 4.37. The summed E-state index contributed by atoms with van der Waals surface area (Å²) in [5, 5.41) is 17.8. The molecule has 0 radical (unpaired) electrons. The number of aromatic nitrogens is 3. The molecule has 0 saturated carbocycles. The third-order valence-electron chi connectivity index (χ3n) is 3.95. The number of phenolic OH excluding ortho intramolecular Hbond substituents is 1. The van der Waals surface area contributed by atoms with Gasteiger partial charge in [-0.3, -0.25) is 4.57 Å². The van der Waals surface area contributed by atoms with Crippen LogP contribution in [0.1, 0.15) is 11.4 Å². The standard InChI is InChI=1S/C16H14N4O3S/c1-11-17-18-16-19(10-12-5-3-2-4-6-12)24(22,23)15-8-7-13(21)9-14(15)20(11)16/h2-9,21H,10H2,1H3. The smallest absolute Gasteiger partial charge is 0.269 e. The van der Waals surface area contributed by atoms with Crippen LogP contribution in [-0.4, -0.2) is 28.3 Å². The minimum Gasteiger partial charge on any atom is -0.508 e. The molecule has 2 aromatic carbocycles. The van der Waals surface area contributed by atoms with Crippen LogP contribution in [0.4, 0.5) is 5.95 Å². The number of phenols is 1. The number of fused-ring (bicyclic) bond motifs is 3. The maximum atomic E-state index is 13.1. The third kappa shape index (κ3) is 2.07. The van der Waals surface area contributed by atoms with Gasteiger partial charge in [0.05, 0.1) is 12.2 Å². The lowest BCUT2D eigenvalue weighted by Gasteiger charge is -2.29. The van der Waals surface area contributed by atoms with Crippen LogP contribution in [0.2, 0.25) is 0 Å². The monoisotopic (exact) mass is 342 g/mol. The number of benzene rings is 2. The first-order valence-corrected chi connectivity index (χ1v) is 8.74. The lowest BCUT2D eigenvalue weighted by Crippen LogP contribution is -2.36. The van der Waals surface area contributed by atoms with Gasteiger partial charge in [0, 0.05) is 6.07 Å². The van der Waals surface area contributed by atoms with E-state index in [2.05, 4.69) is 10.2 Å². The summed E-state index contributed by atoms with van der Waals surface area (Å²) in [6, 6.07) is 13.5. The molecule has 1 aliphatic heterocycles. The van der Waals surface area contributed by atoms with Gasteiger partial charge in [0.25, 0.3) is 10.0 Å². The lowest BCUT2D eigenvalue weighted by atomic mass is 10.2. The second-order valence-electron chi connectivity index (χ2n) is 5.53. The Kier molecular flexibility index (Phi) is 3.10. The molecule has 1 aromatic heterocycles. The first-order valence-electron chi connectivity index (χ1n) is 7.30. The highest BCUT2D eigenvalue weighted by atomic mass is 32.2. The fraction of sp³-hybridized carbons (Fsp3) is 0.125. The zero-order valence-corrected chi connectivity index (χ0v) is 13.6. The highest BCUT2D eigenvalue weighted by molar-refractivity contribution is 7.93. The Morgan fingerprint density at radius 3 is 2.58 bits per heavy atom. The number of anilines is 1. The average molecular weight is 342 g/mol. The van der Waals surface area contributed by atoms with Crippen molar-refractivity contribution in [2.75, 3.05) is 4.31 Å². The molecular weight excluding hydrogens is 328 g/mol. The van der Waals surface area contributed by atoms with Crippen LogP contribution in [0.25, 0.3) is 5.69 Å². The summed E-state index contributed by atoms with van der Waals surface area (Å²) in [6.45, 7) is 1.89. The topological polar surface area (TPSA) is 88.3 Å². The van der Waals surface area contributed by atoms with Crippen LogP contribution in [0.3, 0.4) is 0 Å². The van der Waals surface area contributed by atoms with E-state index in [1.165, 1.54) is 22.5 Å². The third-order valence-corrected chi connectivity index (χ3v) is 5.73. The van der Waals surface area contributed by atoms with E-state index in [9.17, 15) is 13.5 Å². The van der Waals surface area contributed by atoms with Gasteiger partial charge in [-0.15, -0.1) is 10.2 Å². The number of hydrogen-bond acceptors (Lipinski definition) is 5.